The number of hydrogen-bond acceptors (Lipinski definition) is 1. The molecule has 1 nitrogen and oxygen atoms in total. The molecule has 0 aliphatic carbocycles. The van der Waals surface area contributed by atoms with Gasteiger partial charge < -0.3 is 0 Å². The van der Waals surface area contributed by atoms with Gasteiger partial charge in [-0.1, -0.05) is 53.6 Å². The van der Waals surface area contributed by atoms with Crippen molar-refractivity contribution in [1.29, 1.82) is 0 Å². The Balaban J connectivity index is 2.28. The lowest BCUT2D eigenvalue weighted by atomic mass is 9.98. The molecule has 1 aromatic heterocycles. The largest absolute Gasteiger partial charge is 0.248 e. The number of fused-ring (bicyclic) bond motifs is 1. The van der Waals surface area contributed by atoms with E-state index in [1.54, 1.807) is 0 Å². The van der Waals surface area contributed by atoms with Crippen molar-refractivity contribution in [2.75, 3.05) is 0 Å². The van der Waals surface area contributed by atoms with Gasteiger partial charge in [-0.05, 0) is 44.5 Å². The Labute approximate surface area is 126 Å². The second-order valence-electron chi connectivity index (χ2n) is 5.72. The highest BCUT2D eigenvalue weighted by Crippen LogP contribution is 2.29. The predicted molar refractivity (Wildman–Crippen MR) is 91.4 cm³/mol. The van der Waals surface area contributed by atoms with Gasteiger partial charge in [0.2, 0.25) is 0 Å². The Morgan fingerprint density at radius 1 is 0.905 bits per heavy atom. The Hall–Kier alpha value is -2.41. The fourth-order valence-corrected chi connectivity index (χ4v) is 2.56. The molecule has 0 aliphatic rings. The maximum atomic E-state index is 4.82. The number of hydrogen-bond donors (Lipinski definition) is 0. The average Bonchev–Trinajstić information content (AvgIpc) is 2.46. The van der Waals surface area contributed by atoms with Gasteiger partial charge in [-0.2, -0.15) is 0 Å². The maximum Gasteiger partial charge on any atom is 0.0715 e. The quantitative estimate of drug-likeness (QED) is 0.596. The summed E-state index contributed by atoms with van der Waals surface area (Å²) in [5.41, 5.74) is 7.93. The number of rotatable bonds is 2. The van der Waals surface area contributed by atoms with E-state index in [1.807, 2.05) is 0 Å². The lowest BCUT2D eigenvalue weighted by molar-refractivity contribution is 1.36. The third kappa shape index (κ3) is 2.59. The minimum Gasteiger partial charge on any atom is -0.248 e. The van der Waals surface area contributed by atoms with Gasteiger partial charge in [0.1, 0.15) is 0 Å². The van der Waals surface area contributed by atoms with Crippen LogP contribution in [0.15, 0.2) is 55.1 Å². The zero-order valence-corrected chi connectivity index (χ0v) is 12.8. The highest BCUT2D eigenvalue weighted by molar-refractivity contribution is 5.93. The summed E-state index contributed by atoms with van der Waals surface area (Å²) in [7, 11) is 0. The van der Waals surface area contributed by atoms with Gasteiger partial charge in [0, 0.05) is 10.9 Å². The van der Waals surface area contributed by atoms with E-state index in [9.17, 15) is 0 Å². The van der Waals surface area contributed by atoms with Gasteiger partial charge >= 0.3 is 0 Å². The molecule has 0 saturated heterocycles. The van der Waals surface area contributed by atoms with Crippen LogP contribution in [0.4, 0.5) is 0 Å². The van der Waals surface area contributed by atoms with Crippen LogP contribution < -0.4 is 0 Å². The van der Waals surface area contributed by atoms with E-state index in [-0.39, 0.29) is 0 Å². The third-order valence-corrected chi connectivity index (χ3v) is 3.77. The molecule has 0 unspecified atom stereocenters. The lowest BCUT2D eigenvalue weighted by Crippen LogP contribution is -1.91. The predicted octanol–water partition coefficient (Wildman–Crippen LogP) is 5.55. The fraction of sp³-hybridized carbons (Fsp3) is 0.150. The van der Waals surface area contributed by atoms with E-state index in [4.69, 9.17) is 4.98 Å². The van der Waals surface area contributed by atoms with E-state index in [1.165, 1.54) is 22.1 Å². The normalized spacial score (nSPS) is 10.8. The summed E-state index contributed by atoms with van der Waals surface area (Å²) in [6.45, 7) is 10.4. The van der Waals surface area contributed by atoms with Crippen LogP contribution in [0, 0.1) is 13.8 Å². The first-order valence-electron chi connectivity index (χ1n) is 7.19. The minimum atomic E-state index is 1.00. The molecule has 3 rings (SSSR count). The van der Waals surface area contributed by atoms with Crippen molar-refractivity contribution in [2.24, 2.45) is 0 Å². The summed E-state index contributed by atoms with van der Waals surface area (Å²) < 4.78 is 0. The number of allylic oxidation sites excluding steroid dienone is 1. The Kier molecular flexibility index (Phi) is 3.34. The van der Waals surface area contributed by atoms with Crippen LogP contribution in [0.25, 0.3) is 27.7 Å². The third-order valence-electron chi connectivity index (χ3n) is 3.77. The highest BCUT2D eigenvalue weighted by Gasteiger charge is 2.08. The molecule has 3 aromatic rings. The first-order valence-corrected chi connectivity index (χ1v) is 7.19. The molecular formula is C20H19N. The van der Waals surface area contributed by atoms with Crippen LogP contribution in [-0.2, 0) is 0 Å². The molecular weight excluding hydrogens is 254 g/mol. The average molecular weight is 273 g/mol. The second kappa shape index (κ2) is 5.17. The molecule has 104 valence electrons. The first kappa shape index (κ1) is 13.6. The molecule has 1 heteroatoms. The van der Waals surface area contributed by atoms with E-state index < -0.39 is 0 Å². The van der Waals surface area contributed by atoms with Crippen molar-refractivity contribution >= 4 is 16.5 Å². The fourth-order valence-electron chi connectivity index (χ4n) is 2.56. The number of aryl methyl sites for hydroxylation is 2. The van der Waals surface area contributed by atoms with Gasteiger partial charge in [0.15, 0.2) is 0 Å². The van der Waals surface area contributed by atoms with Crippen molar-refractivity contribution < 1.29 is 0 Å². The minimum absolute atomic E-state index is 1.00. The molecule has 21 heavy (non-hydrogen) atoms. The van der Waals surface area contributed by atoms with Gasteiger partial charge in [-0.25, -0.2) is 4.98 Å². The van der Waals surface area contributed by atoms with Crippen molar-refractivity contribution in [1.82, 2.24) is 4.98 Å². The van der Waals surface area contributed by atoms with Crippen molar-refractivity contribution in [3.63, 3.8) is 0 Å². The Bertz CT molecular complexity index is 826. The zero-order valence-electron chi connectivity index (χ0n) is 12.8. The Morgan fingerprint density at radius 2 is 1.57 bits per heavy atom. The molecule has 0 amide bonds. The van der Waals surface area contributed by atoms with Crippen LogP contribution in [-0.4, -0.2) is 4.98 Å². The van der Waals surface area contributed by atoms with E-state index in [2.05, 4.69) is 75.9 Å². The summed E-state index contributed by atoms with van der Waals surface area (Å²) in [6, 6.07) is 17.0. The van der Waals surface area contributed by atoms with Gasteiger partial charge in [-0.3, -0.25) is 0 Å². The van der Waals surface area contributed by atoms with Crippen LogP contribution in [0.2, 0.25) is 0 Å². The SMILES string of the molecule is C=C(C)c1cc(-c2ccc(C)cc2)nc2ccc(C)cc12. The standard InChI is InChI=1S/C20H19N/c1-13(2)17-12-20(16-8-5-14(3)6-9-16)21-19-10-7-15(4)11-18(17)19/h5-12H,1H2,2-4H3. The smallest absolute Gasteiger partial charge is 0.0715 e. The van der Waals surface area contributed by atoms with Gasteiger partial charge in [0.25, 0.3) is 0 Å². The highest BCUT2D eigenvalue weighted by atomic mass is 14.7. The molecule has 0 bridgehead atoms. The maximum absolute atomic E-state index is 4.82. The van der Waals surface area contributed by atoms with Gasteiger partial charge in [-0.15, -0.1) is 0 Å². The molecule has 0 N–H and O–H groups in total. The molecule has 0 atom stereocenters. The lowest BCUT2D eigenvalue weighted by Gasteiger charge is -2.11. The number of nitrogens with zero attached hydrogens (tertiary/aromatic N) is 1. The van der Waals surface area contributed by atoms with Crippen LogP contribution in [0.3, 0.4) is 0 Å². The number of pyridine rings is 1. The molecule has 0 spiro atoms. The molecule has 0 aliphatic heterocycles. The molecule has 0 radical (unpaired) electrons. The van der Waals surface area contributed by atoms with Gasteiger partial charge in [0.05, 0.1) is 11.2 Å². The van der Waals surface area contributed by atoms with Crippen LogP contribution in [0.5, 0.6) is 0 Å². The number of aromatic nitrogens is 1. The summed E-state index contributed by atoms with van der Waals surface area (Å²) in [5.74, 6) is 0. The monoisotopic (exact) mass is 273 g/mol. The Morgan fingerprint density at radius 3 is 2.24 bits per heavy atom. The van der Waals surface area contributed by atoms with E-state index in [0.29, 0.717) is 0 Å². The van der Waals surface area contributed by atoms with Crippen LogP contribution >= 0.6 is 0 Å². The topological polar surface area (TPSA) is 12.9 Å². The van der Waals surface area contributed by atoms with Crippen molar-refractivity contribution in [3.8, 4) is 11.3 Å². The summed E-state index contributed by atoms with van der Waals surface area (Å²) in [4.78, 5) is 4.82. The molecule has 2 aromatic carbocycles. The van der Waals surface area contributed by atoms with Crippen LogP contribution in [0.1, 0.15) is 23.6 Å². The summed E-state index contributed by atoms with van der Waals surface area (Å²) >= 11 is 0. The van der Waals surface area contributed by atoms with E-state index in [0.717, 1.165) is 22.3 Å². The van der Waals surface area contributed by atoms with Crippen molar-refractivity contribution in [3.05, 3.63) is 71.8 Å². The summed E-state index contributed by atoms with van der Waals surface area (Å²) in [6.07, 6.45) is 0. The molecule has 0 fully saturated rings. The number of benzene rings is 2. The van der Waals surface area contributed by atoms with Crippen molar-refractivity contribution in [2.45, 2.75) is 20.8 Å². The first-order chi connectivity index (χ1) is 10.0. The van der Waals surface area contributed by atoms with E-state index >= 15 is 0 Å². The summed E-state index contributed by atoms with van der Waals surface area (Å²) in [5, 5.41) is 1.18. The second-order valence-corrected chi connectivity index (χ2v) is 5.72. The zero-order chi connectivity index (χ0) is 15.0. The molecule has 1 heterocycles. The molecule has 0 saturated carbocycles.